The number of thiophene rings is 1. The van der Waals surface area contributed by atoms with Crippen LogP contribution in [0.1, 0.15) is 10.4 Å². The molecule has 0 unspecified atom stereocenters. The highest BCUT2D eigenvalue weighted by atomic mass is 32.2. The van der Waals surface area contributed by atoms with Crippen LogP contribution in [0, 0.1) is 6.92 Å². The molecule has 3 N–H and O–H groups in total. The summed E-state index contributed by atoms with van der Waals surface area (Å²) >= 11 is 7.73. The monoisotopic (exact) mass is 334 g/mol. The van der Waals surface area contributed by atoms with Crippen molar-refractivity contribution in [1.29, 1.82) is 0 Å². The third-order valence-electron chi connectivity index (χ3n) is 2.80. The number of hydrogen-bond donors (Lipinski definition) is 2. The number of nitrogens with one attached hydrogen (secondary N) is 1. The highest BCUT2D eigenvalue weighted by Crippen LogP contribution is 2.30. The highest BCUT2D eigenvalue weighted by Gasteiger charge is 2.22. The number of thiocarbonyl (C=S) groups is 1. The maximum atomic E-state index is 11.6. The van der Waals surface area contributed by atoms with Crippen LogP contribution < -0.4 is 11.1 Å². The minimum Gasteiger partial charge on any atom is -0.383 e. The molecule has 2 aromatic rings. The van der Waals surface area contributed by atoms with Gasteiger partial charge in [-0.25, -0.2) is 9.97 Å². The predicted molar refractivity (Wildman–Crippen MR) is 90.8 cm³/mol. The van der Waals surface area contributed by atoms with Crippen molar-refractivity contribution in [2.24, 2.45) is 0 Å². The lowest BCUT2D eigenvalue weighted by Gasteiger charge is -2.00. The Kier molecular flexibility index (Phi) is 3.75. The summed E-state index contributed by atoms with van der Waals surface area (Å²) in [5.41, 5.74) is 7.53. The van der Waals surface area contributed by atoms with Crippen LogP contribution >= 0.6 is 35.3 Å². The summed E-state index contributed by atoms with van der Waals surface area (Å²) in [7, 11) is 0. The summed E-state index contributed by atoms with van der Waals surface area (Å²) in [6.45, 7) is 1.86. The van der Waals surface area contributed by atoms with Crippen LogP contribution in [0.3, 0.4) is 0 Å². The Balaban J connectivity index is 1.90. The van der Waals surface area contributed by atoms with Gasteiger partial charge in [0.1, 0.15) is 10.1 Å². The van der Waals surface area contributed by atoms with Crippen LogP contribution in [0.25, 0.3) is 17.5 Å². The van der Waals surface area contributed by atoms with Crippen LogP contribution in [-0.4, -0.2) is 20.2 Å². The molecule has 1 aliphatic heterocycles. The zero-order chi connectivity index (χ0) is 15.0. The molecular weight excluding hydrogens is 324 g/mol. The molecule has 1 fully saturated rings. The van der Waals surface area contributed by atoms with Gasteiger partial charge in [0.15, 0.2) is 5.82 Å². The van der Waals surface area contributed by atoms with Crippen molar-refractivity contribution in [3.8, 4) is 11.4 Å². The number of nitrogens with zero attached hydrogens (tertiary/aromatic N) is 2. The van der Waals surface area contributed by atoms with Gasteiger partial charge in [-0.1, -0.05) is 24.0 Å². The van der Waals surface area contributed by atoms with Crippen molar-refractivity contribution in [3.05, 3.63) is 33.0 Å². The quantitative estimate of drug-likeness (QED) is 0.649. The van der Waals surface area contributed by atoms with Gasteiger partial charge in [-0.3, -0.25) is 4.79 Å². The normalized spacial score (nSPS) is 16.5. The summed E-state index contributed by atoms with van der Waals surface area (Å²) in [4.78, 5) is 21.7. The smallest absolute Gasteiger partial charge is 0.263 e. The molecule has 21 heavy (non-hydrogen) atoms. The average Bonchev–Trinajstić information content (AvgIpc) is 3.01. The first-order valence-corrected chi connectivity index (χ1v) is 8.06. The van der Waals surface area contributed by atoms with Crippen LogP contribution in [0.5, 0.6) is 0 Å². The van der Waals surface area contributed by atoms with E-state index in [-0.39, 0.29) is 5.91 Å². The zero-order valence-electron chi connectivity index (χ0n) is 10.9. The standard InChI is InChI=1S/C13H10N4OS3/c1-6-4-15-11(16-10(6)14)7-2-8(20-5-7)3-9-12(18)17-13(19)21-9/h2-5H,1H3,(H2,14,15,16)(H,17,18,19). The Labute approximate surface area is 134 Å². The van der Waals surface area contributed by atoms with Crippen molar-refractivity contribution in [2.75, 3.05) is 5.73 Å². The molecule has 8 heteroatoms. The van der Waals surface area contributed by atoms with E-state index in [0.29, 0.717) is 20.9 Å². The van der Waals surface area contributed by atoms with Gasteiger partial charge in [-0.05, 0) is 19.1 Å². The van der Waals surface area contributed by atoms with Crippen molar-refractivity contribution in [3.63, 3.8) is 0 Å². The van der Waals surface area contributed by atoms with Crippen molar-refractivity contribution in [1.82, 2.24) is 15.3 Å². The number of anilines is 1. The van der Waals surface area contributed by atoms with Crippen LogP contribution in [-0.2, 0) is 4.79 Å². The lowest BCUT2D eigenvalue weighted by Crippen LogP contribution is -2.17. The summed E-state index contributed by atoms with van der Waals surface area (Å²) in [5, 5.41) is 4.53. The zero-order valence-corrected chi connectivity index (χ0v) is 13.4. The molecule has 0 bridgehead atoms. The van der Waals surface area contributed by atoms with E-state index in [9.17, 15) is 4.79 Å². The molecule has 1 aliphatic rings. The van der Waals surface area contributed by atoms with E-state index in [0.717, 1.165) is 16.0 Å². The van der Waals surface area contributed by atoms with Gasteiger partial charge < -0.3 is 11.1 Å². The van der Waals surface area contributed by atoms with Gasteiger partial charge in [0.2, 0.25) is 0 Å². The van der Waals surface area contributed by atoms with Crippen molar-refractivity contribution in [2.45, 2.75) is 6.92 Å². The molecule has 0 aliphatic carbocycles. The number of carbonyl (C=O) groups excluding carboxylic acids is 1. The van der Waals surface area contributed by atoms with Gasteiger partial charge in [0, 0.05) is 27.6 Å². The maximum Gasteiger partial charge on any atom is 0.263 e. The molecule has 3 rings (SSSR count). The first-order valence-electron chi connectivity index (χ1n) is 5.96. The van der Waals surface area contributed by atoms with E-state index < -0.39 is 0 Å². The molecule has 0 saturated carbocycles. The molecular formula is C13H10N4OS3. The predicted octanol–water partition coefficient (Wildman–Crippen LogP) is 2.58. The summed E-state index contributed by atoms with van der Waals surface area (Å²) in [5.74, 6) is 0.899. The highest BCUT2D eigenvalue weighted by molar-refractivity contribution is 8.26. The SMILES string of the molecule is Cc1cnc(-c2csc(C=C3SC(=S)NC3=O)c2)nc1N. The number of nitrogen functional groups attached to an aromatic ring is 1. The third-order valence-corrected chi connectivity index (χ3v) is 4.85. The lowest BCUT2D eigenvalue weighted by atomic mass is 10.2. The maximum absolute atomic E-state index is 11.6. The minimum atomic E-state index is -0.157. The fourth-order valence-electron chi connectivity index (χ4n) is 1.69. The Morgan fingerprint density at radius 2 is 2.29 bits per heavy atom. The molecule has 2 aromatic heterocycles. The third kappa shape index (κ3) is 2.97. The number of hydrogen-bond acceptors (Lipinski definition) is 7. The van der Waals surface area contributed by atoms with Crippen LogP contribution in [0.15, 0.2) is 22.5 Å². The molecule has 0 aromatic carbocycles. The van der Waals surface area contributed by atoms with Gasteiger partial charge in [-0.15, -0.1) is 11.3 Å². The number of thioether (sulfide) groups is 1. The number of aryl methyl sites for hydroxylation is 1. The number of rotatable bonds is 2. The van der Waals surface area contributed by atoms with Crippen molar-refractivity contribution < 1.29 is 4.79 Å². The van der Waals surface area contributed by atoms with E-state index >= 15 is 0 Å². The molecule has 1 amide bonds. The minimum absolute atomic E-state index is 0.157. The second-order valence-corrected chi connectivity index (χ2v) is 7.01. The van der Waals surface area contributed by atoms with E-state index in [1.54, 1.807) is 6.20 Å². The van der Waals surface area contributed by atoms with Gasteiger partial charge in [0.05, 0.1) is 4.91 Å². The van der Waals surface area contributed by atoms with Gasteiger partial charge >= 0.3 is 0 Å². The fourth-order valence-corrected chi connectivity index (χ4v) is 3.62. The number of amides is 1. The van der Waals surface area contributed by atoms with Crippen molar-refractivity contribution >= 4 is 57.4 Å². The fraction of sp³-hybridized carbons (Fsp3) is 0.0769. The van der Waals surface area contributed by atoms with E-state index in [4.69, 9.17) is 18.0 Å². The Bertz CT molecular complexity index is 781. The number of carbonyl (C=O) groups is 1. The lowest BCUT2D eigenvalue weighted by molar-refractivity contribution is -0.115. The first-order chi connectivity index (χ1) is 10.0. The number of aromatic nitrogens is 2. The van der Waals surface area contributed by atoms with E-state index in [2.05, 4.69) is 15.3 Å². The second-order valence-electron chi connectivity index (χ2n) is 4.35. The average molecular weight is 334 g/mol. The Morgan fingerprint density at radius 3 is 2.95 bits per heavy atom. The molecule has 1 saturated heterocycles. The summed E-state index contributed by atoms with van der Waals surface area (Å²) < 4.78 is 0.484. The molecule has 0 radical (unpaired) electrons. The molecule has 5 nitrogen and oxygen atoms in total. The van der Waals surface area contributed by atoms with Gasteiger partial charge in [-0.2, -0.15) is 0 Å². The second kappa shape index (κ2) is 5.55. The molecule has 106 valence electrons. The first kappa shape index (κ1) is 14.2. The summed E-state index contributed by atoms with van der Waals surface area (Å²) in [6, 6.07) is 1.93. The van der Waals surface area contributed by atoms with Crippen LogP contribution in [0.2, 0.25) is 0 Å². The molecule has 0 atom stereocenters. The molecule has 3 heterocycles. The van der Waals surface area contributed by atoms with E-state index in [1.165, 1.54) is 23.1 Å². The van der Waals surface area contributed by atoms with Crippen LogP contribution in [0.4, 0.5) is 5.82 Å². The Morgan fingerprint density at radius 1 is 1.48 bits per heavy atom. The largest absolute Gasteiger partial charge is 0.383 e. The summed E-state index contributed by atoms with van der Waals surface area (Å²) in [6.07, 6.45) is 3.51. The molecule has 0 spiro atoms. The number of nitrogens with two attached hydrogens (primary N) is 1. The van der Waals surface area contributed by atoms with E-state index in [1.807, 2.05) is 24.4 Å². The topological polar surface area (TPSA) is 80.9 Å². The van der Waals surface area contributed by atoms with Gasteiger partial charge in [0.25, 0.3) is 5.91 Å². The Hall–Kier alpha value is -1.77.